The molecular weight excluding hydrogens is 280 g/mol. The van der Waals surface area contributed by atoms with Crippen molar-refractivity contribution in [3.8, 4) is 11.4 Å². The van der Waals surface area contributed by atoms with E-state index < -0.39 is 0 Å². The number of rotatable bonds is 4. The van der Waals surface area contributed by atoms with E-state index in [0.29, 0.717) is 17.9 Å². The first-order valence-corrected chi connectivity index (χ1v) is 6.69. The molecule has 0 saturated carbocycles. The molecule has 0 bridgehead atoms. The molecule has 3 aromatic rings. The van der Waals surface area contributed by atoms with Crippen molar-refractivity contribution in [1.82, 2.24) is 25.6 Å². The molecule has 0 aliphatic carbocycles. The zero-order valence-electron chi connectivity index (χ0n) is 11.7. The first-order valence-electron chi connectivity index (χ1n) is 6.69. The molecule has 0 spiro atoms. The molecule has 1 aromatic heterocycles. The summed E-state index contributed by atoms with van der Waals surface area (Å²) in [6.07, 6.45) is 0. The van der Waals surface area contributed by atoms with Crippen LogP contribution in [0.3, 0.4) is 0 Å². The van der Waals surface area contributed by atoms with Crippen molar-refractivity contribution in [3.05, 3.63) is 65.7 Å². The second-order valence-corrected chi connectivity index (χ2v) is 4.68. The van der Waals surface area contributed by atoms with Gasteiger partial charge in [0, 0.05) is 11.1 Å². The lowest BCUT2D eigenvalue weighted by atomic mass is 10.1. The highest BCUT2D eigenvalue weighted by Gasteiger charge is 2.07. The second-order valence-electron chi connectivity index (χ2n) is 4.68. The standard InChI is InChI=1S/C15H14N6O/c16-17-15(22)13-8-6-11(7-9-13)10-21-19-14(18-20-21)12-4-2-1-3-5-12/h1-9H,10,16H2,(H,17,22). The molecule has 0 aliphatic rings. The molecule has 0 saturated heterocycles. The van der Waals surface area contributed by atoms with Crippen molar-refractivity contribution in [2.24, 2.45) is 5.84 Å². The van der Waals surface area contributed by atoms with Gasteiger partial charge in [-0.05, 0) is 22.9 Å². The Morgan fingerprint density at radius 2 is 1.82 bits per heavy atom. The molecule has 0 radical (unpaired) electrons. The minimum atomic E-state index is -0.322. The molecule has 3 rings (SSSR count). The van der Waals surface area contributed by atoms with Gasteiger partial charge in [-0.15, -0.1) is 10.2 Å². The summed E-state index contributed by atoms with van der Waals surface area (Å²) in [4.78, 5) is 12.9. The topological polar surface area (TPSA) is 98.7 Å². The number of aromatic nitrogens is 4. The van der Waals surface area contributed by atoms with E-state index in [1.165, 1.54) is 4.80 Å². The average molecular weight is 294 g/mol. The fourth-order valence-electron chi connectivity index (χ4n) is 2.02. The minimum Gasteiger partial charge on any atom is -0.290 e. The van der Waals surface area contributed by atoms with E-state index >= 15 is 0 Å². The molecule has 2 aromatic carbocycles. The van der Waals surface area contributed by atoms with Gasteiger partial charge in [0.1, 0.15) is 0 Å². The Morgan fingerprint density at radius 1 is 1.09 bits per heavy atom. The molecule has 1 amide bonds. The predicted molar refractivity (Wildman–Crippen MR) is 80.5 cm³/mol. The van der Waals surface area contributed by atoms with Gasteiger partial charge in [-0.25, -0.2) is 5.84 Å². The lowest BCUT2D eigenvalue weighted by Crippen LogP contribution is -2.29. The van der Waals surface area contributed by atoms with Gasteiger partial charge in [-0.2, -0.15) is 4.80 Å². The number of nitrogens with two attached hydrogens (primary N) is 1. The van der Waals surface area contributed by atoms with Gasteiger partial charge in [0.2, 0.25) is 5.82 Å². The summed E-state index contributed by atoms with van der Waals surface area (Å²) in [5.74, 6) is 5.35. The minimum absolute atomic E-state index is 0.322. The SMILES string of the molecule is NNC(=O)c1ccc(Cn2nnc(-c3ccccc3)n2)cc1. The molecule has 22 heavy (non-hydrogen) atoms. The number of amides is 1. The van der Waals surface area contributed by atoms with Crippen LogP contribution in [0.2, 0.25) is 0 Å². The summed E-state index contributed by atoms with van der Waals surface area (Å²) >= 11 is 0. The molecule has 7 nitrogen and oxygen atoms in total. The van der Waals surface area contributed by atoms with E-state index in [9.17, 15) is 4.79 Å². The van der Waals surface area contributed by atoms with Gasteiger partial charge < -0.3 is 0 Å². The van der Waals surface area contributed by atoms with Crippen molar-refractivity contribution in [3.63, 3.8) is 0 Å². The molecule has 0 atom stereocenters. The molecular formula is C15H14N6O. The number of hydrazine groups is 1. The van der Waals surface area contributed by atoms with Crippen molar-refractivity contribution in [2.75, 3.05) is 0 Å². The van der Waals surface area contributed by atoms with E-state index in [1.54, 1.807) is 12.1 Å². The highest BCUT2D eigenvalue weighted by molar-refractivity contribution is 5.93. The summed E-state index contributed by atoms with van der Waals surface area (Å²) in [7, 11) is 0. The number of hydrogen-bond donors (Lipinski definition) is 2. The van der Waals surface area contributed by atoms with Gasteiger partial charge in [-0.3, -0.25) is 10.2 Å². The van der Waals surface area contributed by atoms with Crippen LogP contribution in [0, 0.1) is 0 Å². The number of nitrogens with one attached hydrogen (secondary N) is 1. The summed E-state index contributed by atoms with van der Waals surface area (Å²) in [5, 5.41) is 12.4. The molecule has 1 heterocycles. The Bertz CT molecular complexity index is 766. The Morgan fingerprint density at radius 3 is 2.50 bits per heavy atom. The highest BCUT2D eigenvalue weighted by Crippen LogP contribution is 2.12. The molecule has 110 valence electrons. The number of benzene rings is 2. The highest BCUT2D eigenvalue weighted by atomic mass is 16.2. The molecule has 0 fully saturated rings. The van der Waals surface area contributed by atoms with Crippen LogP contribution in [0.5, 0.6) is 0 Å². The van der Waals surface area contributed by atoms with E-state index in [0.717, 1.165) is 11.1 Å². The van der Waals surface area contributed by atoms with Crippen molar-refractivity contribution < 1.29 is 4.79 Å². The number of nitrogens with zero attached hydrogens (tertiary/aromatic N) is 4. The normalized spacial score (nSPS) is 10.4. The first kappa shape index (κ1) is 13.9. The zero-order chi connectivity index (χ0) is 15.4. The number of hydrogen-bond acceptors (Lipinski definition) is 5. The Labute approximate surface area is 126 Å². The van der Waals surface area contributed by atoms with Crippen LogP contribution in [-0.4, -0.2) is 26.1 Å². The number of carbonyl (C=O) groups excluding carboxylic acids is 1. The monoisotopic (exact) mass is 294 g/mol. The van der Waals surface area contributed by atoms with E-state index in [-0.39, 0.29) is 5.91 Å². The molecule has 0 aliphatic heterocycles. The number of tetrazole rings is 1. The van der Waals surface area contributed by atoms with Crippen LogP contribution < -0.4 is 11.3 Å². The fourth-order valence-corrected chi connectivity index (χ4v) is 2.02. The van der Waals surface area contributed by atoms with Gasteiger partial charge >= 0.3 is 0 Å². The van der Waals surface area contributed by atoms with Gasteiger partial charge in [0.05, 0.1) is 6.54 Å². The van der Waals surface area contributed by atoms with Crippen molar-refractivity contribution in [2.45, 2.75) is 6.54 Å². The van der Waals surface area contributed by atoms with E-state index in [4.69, 9.17) is 5.84 Å². The summed E-state index contributed by atoms with van der Waals surface area (Å²) in [6.45, 7) is 0.477. The molecule has 3 N–H and O–H groups in total. The van der Waals surface area contributed by atoms with Crippen LogP contribution in [0.25, 0.3) is 11.4 Å². The largest absolute Gasteiger partial charge is 0.290 e. The summed E-state index contributed by atoms with van der Waals surface area (Å²) in [6, 6.07) is 16.7. The number of carbonyl (C=O) groups is 1. The third-order valence-electron chi connectivity index (χ3n) is 3.16. The lowest BCUT2D eigenvalue weighted by Gasteiger charge is -2.02. The van der Waals surface area contributed by atoms with Gasteiger partial charge in [0.25, 0.3) is 5.91 Å². The third-order valence-corrected chi connectivity index (χ3v) is 3.16. The fraction of sp³-hybridized carbons (Fsp3) is 0.0667. The maximum atomic E-state index is 11.4. The van der Waals surface area contributed by atoms with Crippen LogP contribution in [0.4, 0.5) is 0 Å². The Hall–Kier alpha value is -3.06. The zero-order valence-corrected chi connectivity index (χ0v) is 11.7. The second kappa shape index (κ2) is 6.15. The van der Waals surface area contributed by atoms with E-state index in [1.807, 2.05) is 42.5 Å². The molecule has 7 heteroatoms. The van der Waals surface area contributed by atoms with Crippen molar-refractivity contribution in [1.29, 1.82) is 0 Å². The lowest BCUT2D eigenvalue weighted by molar-refractivity contribution is 0.0953. The van der Waals surface area contributed by atoms with Crippen LogP contribution in [0.15, 0.2) is 54.6 Å². The predicted octanol–water partition coefficient (Wildman–Crippen LogP) is 0.992. The maximum Gasteiger partial charge on any atom is 0.265 e. The maximum absolute atomic E-state index is 11.4. The third kappa shape index (κ3) is 2.99. The van der Waals surface area contributed by atoms with E-state index in [2.05, 4.69) is 20.8 Å². The van der Waals surface area contributed by atoms with Gasteiger partial charge in [-0.1, -0.05) is 42.5 Å². The smallest absolute Gasteiger partial charge is 0.265 e. The van der Waals surface area contributed by atoms with Crippen LogP contribution in [-0.2, 0) is 6.54 Å². The van der Waals surface area contributed by atoms with Crippen LogP contribution in [0.1, 0.15) is 15.9 Å². The Kier molecular flexibility index (Phi) is 3.88. The molecule has 0 unspecified atom stereocenters. The quantitative estimate of drug-likeness (QED) is 0.425. The van der Waals surface area contributed by atoms with Gasteiger partial charge in [0.15, 0.2) is 0 Å². The van der Waals surface area contributed by atoms with Crippen LogP contribution >= 0.6 is 0 Å². The summed E-state index contributed by atoms with van der Waals surface area (Å²) in [5.41, 5.74) is 4.48. The first-order chi connectivity index (χ1) is 10.8. The Balaban J connectivity index is 1.74. The average Bonchev–Trinajstić information content (AvgIpc) is 3.04. The van der Waals surface area contributed by atoms with Crippen molar-refractivity contribution >= 4 is 5.91 Å². The number of nitrogen functional groups attached to an aromatic ring is 1. The summed E-state index contributed by atoms with van der Waals surface area (Å²) < 4.78 is 0.